The number of nitrogens with zero attached hydrogens (tertiary/aromatic N) is 7. The number of benzene rings is 1. The molecule has 0 aliphatic carbocycles. The molecule has 1 atom stereocenters. The van der Waals surface area contributed by atoms with Crippen LogP contribution >= 0.6 is 0 Å². The van der Waals surface area contributed by atoms with E-state index in [1.807, 2.05) is 34.6 Å². The van der Waals surface area contributed by atoms with Crippen LogP contribution in [0.5, 0.6) is 0 Å². The number of ether oxygens (including phenoxy) is 1. The van der Waals surface area contributed by atoms with Gasteiger partial charge in [0.1, 0.15) is 11.9 Å². The normalized spacial score (nSPS) is 19.0. The molecule has 240 valence electrons. The number of aryl methyl sites for hydroxylation is 1. The highest BCUT2D eigenvalue weighted by atomic mass is 28.4. The van der Waals surface area contributed by atoms with E-state index in [1.54, 1.807) is 13.0 Å². The smallest absolute Gasteiger partial charge is 0.409 e. The van der Waals surface area contributed by atoms with Crippen molar-refractivity contribution in [2.75, 3.05) is 56.1 Å². The molecule has 1 fully saturated rings. The molecule has 0 bridgehead atoms. The van der Waals surface area contributed by atoms with Crippen LogP contribution in [0.3, 0.4) is 0 Å². The first-order chi connectivity index (χ1) is 21.2. The molecule has 2 aromatic heterocycles. The summed E-state index contributed by atoms with van der Waals surface area (Å²) in [5, 5.41) is 29.2. The molecule has 4 heterocycles. The number of hydrogen-bond donors (Lipinski definition) is 2. The van der Waals surface area contributed by atoms with E-state index >= 15 is 0 Å². The van der Waals surface area contributed by atoms with E-state index in [-0.39, 0.29) is 5.04 Å². The summed E-state index contributed by atoms with van der Waals surface area (Å²) in [4.78, 5) is 13.7. The maximum absolute atomic E-state index is 10.7. The molecule has 2 aliphatic rings. The summed E-state index contributed by atoms with van der Waals surface area (Å²) in [5.41, 5.74) is 4.26. The van der Waals surface area contributed by atoms with Gasteiger partial charge in [-0.2, -0.15) is 10.4 Å². The van der Waals surface area contributed by atoms with E-state index in [1.165, 1.54) is 0 Å². The van der Waals surface area contributed by atoms with Crippen LogP contribution in [0.1, 0.15) is 44.5 Å². The van der Waals surface area contributed by atoms with Gasteiger partial charge < -0.3 is 24.3 Å². The molecule has 1 aromatic carbocycles. The monoisotopic (exact) mass is 630 g/mol. The Morgan fingerprint density at radius 3 is 2.60 bits per heavy atom. The highest BCUT2D eigenvalue weighted by molar-refractivity contribution is 6.74. The molecule has 13 heteroatoms. The van der Waals surface area contributed by atoms with Crippen molar-refractivity contribution in [3.63, 3.8) is 0 Å². The van der Waals surface area contributed by atoms with Crippen LogP contribution in [-0.2, 0) is 21.1 Å². The third-order valence-corrected chi connectivity index (χ3v) is 14.0. The summed E-state index contributed by atoms with van der Waals surface area (Å²) >= 11 is 0. The van der Waals surface area contributed by atoms with E-state index in [0.29, 0.717) is 30.4 Å². The standard InChI is InChI=1S/C32H47BN8O3Si/c1-23-17-28(41(38-23)12-11-39-13-15-43-16-14-39)37-30-35-10-9-27(36-30)24-18-25(20-34)29-26(19-24)32(5,21-40(29)33(6)42)22-44-45(7,8)31(2,3)4/h9-10,17-19,42H,11-16,21-22H2,1-8H3,(H,35,36,37)/t32-/m1/s1. The lowest BCUT2D eigenvalue weighted by atomic mass is 9.83. The van der Waals surface area contributed by atoms with Gasteiger partial charge in [-0.15, -0.1) is 0 Å². The lowest BCUT2D eigenvalue weighted by Crippen LogP contribution is -2.47. The summed E-state index contributed by atoms with van der Waals surface area (Å²) < 4.78 is 14.2. The minimum atomic E-state index is -2.04. The van der Waals surface area contributed by atoms with Gasteiger partial charge >= 0.3 is 7.05 Å². The molecule has 11 nitrogen and oxygen atoms in total. The largest absolute Gasteiger partial charge is 0.432 e. The summed E-state index contributed by atoms with van der Waals surface area (Å²) in [6.45, 7) is 23.1. The molecule has 2 N–H and O–H groups in total. The third kappa shape index (κ3) is 7.10. The molecule has 2 aliphatic heterocycles. The highest BCUT2D eigenvalue weighted by Gasteiger charge is 2.46. The zero-order chi connectivity index (χ0) is 32.6. The van der Waals surface area contributed by atoms with E-state index in [0.717, 1.165) is 67.7 Å². The second-order valence-corrected chi connectivity index (χ2v) is 18.9. The zero-order valence-electron chi connectivity index (χ0n) is 28.0. The first-order valence-corrected chi connectivity index (χ1v) is 18.7. The number of fused-ring (bicyclic) bond motifs is 1. The van der Waals surface area contributed by atoms with Gasteiger partial charge in [0.15, 0.2) is 8.32 Å². The topological polar surface area (TPSA) is 125 Å². The van der Waals surface area contributed by atoms with Crippen LogP contribution in [0.25, 0.3) is 11.3 Å². The maximum Gasteiger partial charge on any atom is 0.409 e. The van der Waals surface area contributed by atoms with E-state index in [9.17, 15) is 10.3 Å². The average molecular weight is 631 g/mol. The Morgan fingerprint density at radius 1 is 1.20 bits per heavy atom. The summed E-state index contributed by atoms with van der Waals surface area (Å²) in [6.07, 6.45) is 1.73. The minimum Gasteiger partial charge on any atom is -0.432 e. The van der Waals surface area contributed by atoms with Gasteiger partial charge in [0, 0.05) is 61.7 Å². The Labute approximate surface area is 268 Å². The Hall–Kier alpha value is -3.28. The van der Waals surface area contributed by atoms with Crippen molar-refractivity contribution in [2.45, 2.75) is 71.5 Å². The van der Waals surface area contributed by atoms with Crippen LogP contribution in [0.2, 0.25) is 25.0 Å². The molecular weight excluding hydrogens is 583 g/mol. The first kappa shape index (κ1) is 33.1. The summed E-state index contributed by atoms with van der Waals surface area (Å²) in [7, 11) is -2.79. The second-order valence-electron chi connectivity index (χ2n) is 14.1. The zero-order valence-corrected chi connectivity index (χ0v) is 29.0. The first-order valence-electron chi connectivity index (χ1n) is 15.8. The number of anilines is 3. The predicted octanol–water partition coefficient (Wildman–Crippen LogP) is 4.81. The fraction of sp³-hybridized carbons (Fsp3) is 0.562. The van der Waals surface area contributed by atoms with Crippen LogP contribution < -0.4 is 10.1 Å². The average Bonchev–Trinajstić information content (AvgIpc) is 3.51. The second kappa shape index (κ2) is 12.8. The Morgan fingerprint density at radius 2 is 1.93 bits per heavy atom. The molecule has 45 heavy (non-hydrogen) atoms. The van der Waals surface area contributed by atoms with Crippen molar-refractivity contribution in [3.05, 3.63) is 47.3 Å². The highest BCUT2D eigenvalue weighted by Crippen LogP contribution is 2.47. The molecule has 0 amide bonds. The predicted molar refractivity (Wildman–Crippen MR) is 181 cm³/mol. The third-order valence-electron chi connectivity index (χ3n) is 9.52. The van der Waals surface area contributed by atoms with Crippen molar-refractivity contribution in [1.82, 2.24) is 24.6 Å². The molecule has 1 saturated heterocycles. The number of aromatic nitrogens is 4. The molecule has 0 unspecified atom stereocenters. The number of morpholine rings is 1. The van der Waals surface area contributed by atoms with Crippen LogP contribution in [0.15, 0.2) is 30.5 Å². The Balaban J connectivity index is 1.44. The molecule has 0 saturated carbocycles. The van der Waals surface area contributed by atoms with Gasteiger partial charge in [0.25, 0.3) is 0 Å². The molecule has 0 spiro atoms. The minimum absolute atomic E-state index is 0.0647. The van der Waals surface area contributed by atoms with Gasteiger partial charge in [-0.25, -0.2) is 14.6 Å². The van der Waals surface area contributed by atoms with Crippen molar-refractivity contribution in [1.29, 1.82) is 5.26 Å². The van der Waals surface area contributed by atoms with Gasteiger partial charge in [0.2, 0.25) is 5.95 Å². The summed E-state index contributed by atoms with van der Waals surface area (Å²) in [5.74, 6) is 1.28. The Bertz CT molecular complexity index is 1560. The number of nitrogens with one attached hydrogen (secondary N) is 1. The number of nitriles is 1. The molecule has 0 radical (unpaired) electrons. The van der Waals surface area contributed by atoms with Crippen molar-refractivity contribution in [2.24, 2.45) is 0 Å². The van der Waals surface area contributed by atoms with Crippen molar-refractivity contribution >= 4 is 32.8 Å². The van der Waals surface area contributed by atoms with Gasteiger partial charge in [-0.05, 0) is 55.6 Å². The van der Waals surface area contributed by atoms with Crippen molar-refractivity contribution in [3.8, 4) is 17.3 Å². The van der Waals surface area contributed by atoms with Crippen LogP contribution in [-0.4, -0.2) is 91.0 Å². The van der Waals surface area contributed by atoms with E-state index < -0.39 is 20.8 Å². The molecule has 5 rings (SSSR count). The van der Waals surface area contributed by atoms with Gasteiger partial charge in [-0.3, -0.25) is 4.90 Å². The van der Waals surface area contributed by atoms with E-state index in [4.69, 9.17) is 19.2 Å². The van der Waals surface area contributed by atoms with Crippen molar-refractivity contribution < 1.29 is 14.2 Å². The summed E-state index contributed by atoms with van der Waals surface area (Å²) in [6, 6.07) is 10.2. The maximum atomic E-state index is 10.7. The Kier molecular flexibility index (Phi) is 9.45. The SMILES string of the molecule is CB(O)N1C[C@](C)(CO[Si](C)(C)C(C)(C)C)c2cc(-c3ccnc(Nc4cc(C)nn4CCN4CCOCC4)n3)cc(C#N)c21. The van der Waals surface area contributed by atoms with Crippen LogP contribution in [0, 0.1) is 18.3 Å². The lowest BCUT2D eigenvalue weighted by molar-refractivity contribution is 0.0360. The number of hydrogen-bond acceptors (Lipinski definition) is 10. The van der Waals surface area contributed by atoms with E-state index in [2.05, 4.69) is 68.1 Å². The molecular formula is C32H47BN8O3Si. The lowest BCUT2D eigenvalue weighted by Gasteiger charge is -2.39. The van der Waals surface area contributed by atoms with Gasteiger partial charge in [0.05, 0.1) is 36.7 Å². The molecule has 3 aromatic rings. The number of rotatable bonds is 10. The quantitative estimate of drug-likeness (QED) is 0.302. The van der Waals surface area contributed by atoms with Crippen LogP contribution in [0.4, 0.5) is 17.5 Å². The van der Waals surface area contributed by atoms with Gasteiger partial charge in [-0.1, -0.05) is 27.7 Å². The fourth-order valence-electron chi connectivity index (χ4n) is 5.75. The fourth-order valence-corrected chi connectivity index (χ4v) is 6.86.